The molecule has 7 nitrogen and oxygen atoms in total. The monoisotopic (exact) mass is 606 g/mol. The number of ether oxygens (including phenoxy) is 1. The highest BCUT2D eigenvalue weighted by atomic mass is 19.1. The van der Waals surface area contributed by atoms with Crippen molar-refractivity contribution in [2.24, 2.45) is 5.92 Å². The fourth-order valence-corrected chi connectivity index (χ4v) is 6.24. The molecule has 0 N–H and O–H groups in total. The van der Waals surface area contributed by atoms with Crippen LogP contribution in [-0.2, 0) is 17.8 Å². The minimum Gasteiger partial charge on any atom is -0.491 e. The van der Waals surface area contributed by atoms with Gasteiger partial charge in [0.2, 0.25) is 5.91 Å². The van der Waals surface area contributed by atoms with Crippen molar-refractivity contribution in [1.82, 2.24) is 19.7 Å². The zero-order chi connectivity index (χ0) is 31.2. The van der Waals surface area contributed by atoms with Crippen LogP contribution >= 0.6 is 0 Å². The van der Waals surface area contributed by atoms with Crippen molar-refractivity contribution in [3.8, 4) is 16.9 Å². The molecule has 3 aromatic carbocycles. The summed E-state index contributed by atoms with van der Waals surface area (Å²) in [6, 6.07) is 24.5. The molecule has 0 unspecified atom stereocenters. The first-order chi connectivity index (χ1) is 21.9. The van der Waals surface area contributed by atoms with E-state index in [-0.39, 0.29) is 23.5 Å². The summed E-state index contributed by atoms with van der Waals surface area (Å²) in [5.41, 5.74) is 5.80. The van der Waals surface area contributed by atoms with Gasteiger partial charge < -0.3 is 14.5 Å². The number of aromatic nitrogens is 1. The highest BCUT2D eigenvalue weighted by Gasteiger charge is 2.29. The summed E-state index contributed by atoms with van der Waals surface area (Å²) in [6.07, 6.45) is 5.73. The van der Waals surface area contributed by atoms with Gasteiger partial charge in [-0.2, -0.15) is 0 Å². The standard InChI is InChI=1S/C37H39FN4O3/c1-40-18-19-42(37(44)29-13-16-41(17-14-29)26-27-7-10-34(38)11-8-27)20-21-45-35-12-9-30(32-6-3-15-39-25-32)24-33(35)23-28-4-2-5-31(22-28)36(40)43/h2-12,15,22,24-25,29H,13-14,16-21,23,26H2,1H3. The number of benzene rings is 3. The maximum atomic E-state index is 13.9. The summed E-state index contributed by atoms with van der Waals surface area (Å²) in [5, 5.41) is 0. The number of halogens is 1. The van der Waals surface area contributed by atoms with Crippen molar-refractivity contribution < 1.29 is 18.7 Å². The van der Waals surface area contributed by atoms with Gasteiger partial charge >= 0.3 is 0 Å². The van der Waals surface area contributed by atoms with Gasteiger partial charge in [0.05, 0.1) is 6.54 Å². The maximum absolute atomic E-state index is 13.9. The van der Waals surface area contributed by atoms with Gasteiger partial charge in [-0.3, -0.25) is 19.5 Å². The van der Waals surface area contributed by atoms with Crippen molar-refractivity contribution in [3.63, 3.8) is 0 Å². The number of amides is 2. The zero-order valence-electron chi connectivity index (χ0n) is 25.7. The molecule has 3 heterocycles. The molecule has 232 valence electrons. The summed E-state index contributed by atoms with van der Waals surface area (Å²) >= 11 is 0. The van der Waals surface area contributed by atoms with Crippen molar-refractivity contribution >= 4 is 11.8 Å². The third kappa shape index (κ3) is 7.57. The number of pyridine rings is 1. The Labute approximate surface area is 264 Å². The lowest BCUT2D eigenvalue weighted by atomic mass is 9.94. The fourth-order valence-electron chi connectivity index (χ4n) is 6.24. The molecular formula is C37H39FN4O3. The Morgan fingerprint density at radius 2 is 1.69 bits per heavy atom. The first-order valence-electron chi connectivity index (χ1n) is 15.7. The Bertz CT molecular complexity index is 1620. The molecule has 1 fully saturated rings. The van der Waals surface area contributed by atoms with E-state index in [4.69, 9.17) is 4.74 Å². The molecule has 8 heteroatoms. The summed E-state index contributed by atoms with van der Waals surface area (Å²) in [6.45, 7) is 4.02. The lowest BCUT2D eigenvalue weighted by Crippen LogP contribution is -2.46. The van der Waals surface area contributed by atoms with Gasteiger partial charge in [-0.1, -0.05) is 36.4 Å². The van der Waals surface area contributed by atoms with Crippen molar-refractivity contribution in [1.29, 1.82) is 0 Å². The molecule has 0 atom stereocenters. The van der Waals surface area contributed by atoms with Crippen LogP contribution in [0.3, 0.4) is 0 Å². The minimum absolute atomic E-state index is 0.0593. The fraction of sp³-hybridized carbons (Fsp3) is 0.324. The van der Waals surface area contributed by atoms with E-state index >= 15 is 0 Å². The van der Waals surface area contributed by atoms with Crippen LogP contribution in [0.25, 0.3) is 11.1 Å². The summed E-state index contributed by atoms with van der Waals surface area (Å²) in [7, 11) is 1.80. The van der Waals surface area contributed by atoms with Gasteiger partial charge in [-0.15, -0.1) is 0 Å². The lowest BCUT2D eigenvalue weighted by Gasteiger charge is -2.35. The van der Waals surface area contributed by atoms with Crippen LogP contribution in [0.1, 0.15) is 39.9 Å². The van der Waals surface area contributed by atoms with E-state index in [1.54, 1.807) is 18.1 Å². The number of carbonyl (C=O) groups is 2. The van der Waals surface area contributed by atoms with Crippen LogP contribution in [0.4, 0.5) is 4.39 Å². The number of carbonyl (C=O) groups excluding carboxylic acids is 2. The van der Waals surface area contributed by atoms with Crippen LogP contribution in [0.5, 0.6) is 5.75 Å². The van der Waals surface area contributed by atoms with Gasteiger partial charge in [0.15, 0.2) is 0 Å². The number of piperidine rings is 1. The first-order valence-corrected chi connectivity index (χ1v) is 15.7. The maximum Gasteiger partial charge on any atom is 0.253 e. The molecule has 45 heavy (non-hydrogen) atoms. The Morgan fingerprint density at radius 1 is 0.889 bits per heavy atom. The molecule has 6 rings (SSSR count). The molecule has 2 aliphatic rings. The molecule has 0 aliphatic carbocycles. The normalized spacial score (nSPS) is 16.9. The van der Waals surface area contributed by atoms with E-state index in [2.05, 4.69) is 16.0 Å². The van der Waals surface area contributed by atoms with Gasteiger partial charge in [-0.05, 0) is 90.6 Å². The van der Waals surface area contributed by atoms with Crippen LogP contribution in [-0.4, -0.2) is 77.9 Å². The number of nitrogens with zero attached hydrogens (tertiary/aromatic N) is 4. The molecule has 0 radical (unpaired) electrons. The molecule has 0 spiro atoms. The molecule has 0 saturated carbocycles. The Balaban J connectivity index is 1.19. The van der Waals surface area contributed by atoms with E-state index < -0.39 is 0 Å². The van der Waals surface area contributed by atoms with Gasteiger partial charge in [0.1, 0.15) is 18.2 Å². The highest BCUT2D eigenvalue weighted by Crippen LogP contribution is 2.29. The van der Waals surface area contributed by atoms with Crippen LogP contribution in [0.15, 0.2) is 91.3 Å². The van der Waals surface area contributed by atoms with Crippen LogP contribution in [0, 0.1) is 11.7 Å². The highest BCUT2D eigenvalue weighted by molar-refractivity contribution is 5.94. The third-order valence-corrected chi connectivity index (χ3v) is 8.86. The van der Waals surface area contributed by atoms with E-state index in [1.165, 1.54) is 12.1 Å². The predicted molar refractivity (Wildman–Crippen MR) is 172 cm³/mol. The summed E-state index contributed by atoms with van der Waals surface area (Å²) in [5.74, 6) is 0.511. The quantitative estimate of drug-likeness (QED) is 0.299. The van der Waals surface area contributed by atoms with Crippen molar-refractivity contribution in [2.45, 2.75) is 25.8 Å². The molecule has 2 aliphatic heterocycles. The third-order valence-electron chi connectivity index (χ3n) is 8.86. The van der Waals surface area contributed by atoms with Crippen molar-refractivity contribution in [3.05, 3.63) is 119 Å². The second-order valence-corrected chi connectivity index (χ2v) is 12.0. The van der Waals surface area contributed by atoms with Crippen LogP contribution in [0.2, 0.25) is 0 Å². The molecular weight excluding hydrogens is 567 g/mol. The Kier molecular flexibility index (Phi) is 9.50. The van der Waals surface area contributed by atoms with Crippen LogP contribution < -0.4 is 4.74 Å². The van der Waals surface area contributed by atoms with Gasteiger partial charge in [-0.25, -0.2) is 4.39 Å². The average Bonchev–Trinajstić information content (AvgIpc) is 3.07. The smallest absolute Gasteiger partial charge is 0.253 e. The van der Waals surface area contributed by atoms with E-state index in [9.17, 15) is 14.0 Å². The summed E-state index contributed by atoms with van der Waals surface area (Å²) < 4.78 is 19.7. The topological polar surface area (TPSA) is 66.0 Å². The zero-order valence-corrected chi connectivity index (χ0v) is 25.7. The molecule has 2 bridgehead atoms. The first kappa shape index (κ1) is 30.5. The second kappa shape index (κ2) is 14.0. The number of likely N-dealkylation sites (N-methyl/N-ethyl adjacent to an activating group) is 1. The number of rotatable bonds is 4. The second-order valence-electron chi connectivity index (χ2n) is 12.0. The largest absolute Gasteiger partial charge is 0.491 e. The average molecular weight is 607 g/mol. The number of hydrogen-bond acceptors (Lipinski definition) is 5. The Hall–Kier alpha value is -4.56. The number of likely N-dealkylation sites (tertiary alicyclic amines) is 1. The lowest BCUT2D eigenvalue weighted by molar-refractivity contribution is -0.137. The van der Waals surface area contributed by atoms with E-state index in [1.807, 2.05) is 71.8 Å². The minimum atomic E-state index is -0.233. The number of fused-ring (bicyclic) bond motifs is 3. The predicted octanol–water partition coefficient (Wildman–Crippen LogP) is 5.68. The van der Waals surface area contributed by atoms with E-state index in [0.29, 0.717) is 38.2 Å². The SMILES string of the molecule is CN1CCN(C(=O)C2CCN(Cc3ccc(F)cc3)CC2)CCOc2ccc(-c3cccnc3)cc2Cc2cccc(c2)C1=O. The molecule has 2 amide bonds. The van der Waals surface area contributed by atoms with Gasteiger partial charge in [0, 0.05) is 62.5 Å². The number of hydrogen-bond donors (Lipinski definition) is 0. The molecule has 4 aromatic rings. The van der Waals surface area contributed by atoms with Crippen molar-refractivity contribution in [2.75, 3.05) is 46.4 Å². The summed E-state index contributed by atoms with van der Waals surface area (Å²) in [4.78, 5) is 37.5. The Morgan fingerprint density at radius 3 is 2.47 bits per heavy atom. The van der Waals surface area contributed by atoms with E-state index in [0.717, 1.165) is 66.0 Å². The van der Waals surface area contributed by atoms with Gasteiger partial charge in [0.25, 0.3) is 5.91 Å². The molecule has 1 saturated heterocycles. The molecule has 1 aromatic heterocycles.